The van der Waals surface area contributed by atoms with E-state index >= 15 is 0 Å². The molecule has 1 atom stereocenters. The number of aryl methyl sites for hydroxylation is 1. The van der Waals surface area contributed by atoms with E-state index in [-0.39, 0.29) is 5.91 Å². The molecule has 0 aromatic carbocycles. The molecule has 1 amide bonds. The van der Waals surface area contributed by atoms with Crippen LogP contribution in [0.5, 0.6) is 0 Å². The maximum Gasteiger partial charge on any atom is 0.269 e. The van der Waals surface area contributed by atoms with E-state index in [4.69, 9.17) is 0 Å². The summed E-state index contributed by atoms with van der Waals surface area (Å²) in [6.07, 6.45) is 2.55. The van der Waals surface area contributed by atoms with E-state index in [0.717, 1.165) is 18.8 Å². The van der Waals surface area contributed by atoms with Crippen molar-refractivity contribution in [2.45, 2.75) is 52.5 Å². The molecule has 0 saturated carbocycles. The molecular weight excluding hydrogens is 276 g/mol. The highest BCUT2D eigenvalue weighted by molar-refractivity contribution is 5.92. The summed E-state index contributed by atoms with van der Waals surface area (Å²) in [6.45, 7) is 11.7. The van der Waals surface area contributed by atoms with Gasteiger partial charge in [0.1, 0.15) is 5.69 Å². The Balaban J connectivity index is 1.98. The summed E-state index contributed by atoms with van der Waals surface area (Å²) in [6, 6.07) is 2.32. The zero-order valence-electron chi connectivity index (χ0n) is 14.6. The van der Waals surface area contributed by atoms with Crippen LogP contribution in [0, 0.1) is 5.92 Å². The monoisotopic (exact) mass is 306 g/mol. The second-order valence-electron chi connectivity index (χ2n) is 7.00. The standard InChI is InChI=1S/C17H30N4O/c1-12(2)14-10-15(20(5)19-14)17(22)18-11-16(13(3)4)21-8-6-7-9-21/h10,12-13,16H,6-9,11H2,1-5H3,(H,18,22)/t16-/m0/s1. The zero-order chi connectivity index (χ0) is 16.3. The first-order valence-electron chi connectivity index (χ1n) is 8.46. The number of aromatic nitrogens is 2. The van der Waals surface area contributed by atoms with Gasteiger partial charge in [0.05, 0.1) is 5.69 Å². The predicted octanol–water partition coefficient (Wildman–Crippen LogP) is 2.39. The van der Waals surface area contributed by atoms with Crippen molar-refractivity contribution in [2.75, 3.05) is 19.6 Å². The second kappa shape index (κ2) is 7.27. The molecule has 5 nitrogen and oxygen atoms in total. The van der Waals surface area contributed by atoms with E-state index < -0.39 is 0 Å². The SMILES string of the molecule is CC(C)c1cc(C(=O)NC[C@@H](C(C)C)N2CCCC2)n(C)n1. The third-order valence-electron chi connectivity index (χ3n) is 4.57. The highest BCUT2D eigenvalue weighted by atomic mass is 16.2. The van der Waals surface area contributed by atoms with E-state index in [1.807, 2.05) is 13.1 Å². The number of hydrogen-bond acceptors (Lipinski definition) is 3. The Bertz CT molecular complexity index is 501. The van der Waals surface area contributed by atoms with Crippen LogP contribution in [-0.4, -0.2) is 46.3 Å². The van der Waals surface area contributed by atoms with Crippen molar-refractivity contribution >= 4 is 5.91 Å². The number of nitrogens with zero attached hydrogens (tertiary/aromatic N) is 3. The number of carbonyl (C=O) groups excluding carboxylic acids is 1. The molecule has 124 valence electrons. The Morgan fingerprint density at radius 1 is 1.27 bits per heavy atom. The van der Waals surface area contributed by atoms with Crippen molar-refractivity contribution in [3.8, 4) is 0 Å². The molecule has 5 heteroatoms. The Labute approximate surface area is 134 Å². The Morgan fingerprint density at radius 3 is 2.41 bits per heavy atom. The summed E-state index contributed by atoms with van der Waals surface area (Å²) in [7, 11) is 1.83. The van der Waals surface area contributed by atoms with E-state index in [0.29, 0.717) is 30.1 Å². The summed E-state index contributed by atoms with van der Waals surface area (Å²) < 4.78 is 1.69. The lowest BCUT2D eigenvalue weighted by atomic mass is 10.0. The smallest absolute Gasteiger partial charge is 0.269 e. The van der Waals surface area contributed by atoms with Gasteiger partial charge in [-0.3, -0.25) is 14.4 Å². The van der Waals surface area contributed by atoms with Gasteiger partial charge in [-0.2, -0.15) is 5.10 Å². The molecule has 1 aromatic rings. The molecule has 1 aliphatic heterocycles. The molecule has 0 bridgehead atoms. The minimum Gasteiger partial charge on any atom is -0.349 e. The van der Waals surface area contributed by atoms with Crippen LogP contribution in [0.25, 0.3) is 0 Å². The Hall–Kier alpha value is -1.36. The summed E-state index contributed by atoms with van der Waals surface area (Å²) in [5.74, 6) is 0.851. The fourth-order valence-electron chi connectivity index (χ4n) is 3.13. The minimum absolute atomic E-state index is 0.0215. The number of likely N-dealkylation sites (tertiary alicyclic amines) is 1. The van der Waals surface area contributed by atoms with Gasteiger partial charge in [0.25, 0.3) is 5.91 Å². The van der Waals surface area contributed by atoms with Gasteiger partial charge >= 0.3 is 0 Å². The van der Waals surface area contributed by atoms with Crippen molar-refractivity contribution in [1.29, 1.82) is 0 Å². The van der Waals surface area contributed by atoms with Gasteiger partial charge in [-0.15, -0.1) is 0 Å². The summed E-state index contributed by atoms with van der Waals surface area (Å²) in [4.78, 5) is 15.0. The third kappa shape index (κ3) is 3.88. The minimum atomic E-state index is -0.0215. The maximum atomic E-state index is 12.5. The van der Waals surface area contributed by atoms with Gasteiger partial charge in [-0.05, 0) is 43.8 Å². The lowest BCUT2D eigenvalue weighted by Gasteiger charge is -2.30. The molecule has 0 unspecified atom stereocenters. The average molecular weight is 306 g/mol. The molecule has 0 radical (unpaired) electrons. The van der Waals surface area contributed by atoms with Crippen LogP contribution in [-0.2, 0) is 7.05 Å². The molecule has 0 aliphatic carbocycles. The Morgan fingerprint density at radius 2 is 1.91 bits per heavy atom. The van der Waals surface area contributed by atoms with Gasteiger partial charge < -0.3 is 5.32 Å². The highest BCUT2D eigenvalue weighted by Gasteiger charge is 2.25. The van der Waals surface area contributed by atoms with Crippen LogP contribution < -0.4 is 5.32 Å². The zero-order valence-corrected chi connectivity index (χ0v) is 14.6. The van der Waals surface area contributed by atoms with Gasteiger partial charge in [0, 0.05) is 19.6 Å². The fraction of sp³-hybridized carbons (Fsp3) is 0.765. The van der Waals surface area contributed by atoms with Crippen LogP contribution in [0.1, 0.15) is 62.6 Å². The second-order valence-corrected chi connectivity index (χ2v) is 7.00. The summed E-state index contributed by atoms with van der Waals surface area (Å²) in [5.41, 5.74) is 1.61. The molecule has 1 fully saturated rings. The number of nitrogens with one attached hydrogen (secondary N) is 1. The highest BCUT2D eigenvalue weighted by Crippen LogP contribution is 2.18. The molecular formula is C17H30N4O. The van der Waals surface area contributed by atoms with Gasteiger partial charge in [-0.25, -0.2) is 0 Å². The first kappa shape index (κ1) is 17.0. The molecule has 0 spiro atoms. The number of hydrogen-bond donors (Lipinski definition) is 1. The molecule has 22 heavy (non-hydrogen) atoms. The molecule has 1 saturated heterocycles. The van der Waals surface area contributed by atoms with E-state index in [1.54, 1.807) is 4.68 Å². The van der Waals surface area contributed by atoms with E-state index in [1.165, 1.54) is 12.8 Å². The average Bonchev–Trinajstić information content (AvgIpc) is 3.08. The number of rotatable bonds is 6. The lowest BCUT2D eigenvalue weighted by Crippen LogP contribution is -2.45. The predicted molar refractivity (Wildman–Crippen MR) is 89.1 cm³/mol. The van der Waals surface area contributed by atoms with Gasteiger partial charge in [0.15, 0.2) is 0 Å². The van der Waals surface area contributed by atoms with Gasteiger partial charge in [0.2, 0.25) is 0 Å². The van der Waals surface area contributed by atoms with E-state index in [9.17, 15) is 4.79 Å². The van der Waals surface area contributed by atoms with Crippen molar-refractivity contribution in [3.63, 3.8) is 0 Å². The van der Waals surface area contributed by atoms with Crippen molar-refractivity contribution in [2.24, 2.45) is 13.0 Å². The Kier molecular flexibility index (Phi) is 5.62. The van der Waals surface area contributed by atoms with Gasteiger partial charge in [-0.1, -0.05) is 27.7 Å². The largest absolute Gasteiger partial charge is 0.349 e. The third-order valence-corrected chi connectivity index (χ3v) is 4.57. The first-order chi connectivity index (χ1) is 10.4. The molecule has 1 N–H and O–H groups in total. The summed E-state index contributed by atoms with van der Waals surface area (Å²) >= 11 is 0. The van der Waals surface area contributed by atoms with Crippen molar-refractivity contribution < 1.29 is 4.79 Å². The molecule has 1 aliphatic rings. The van der Waals surface area contributed by atoms with Crippen LogP contribution in [0.15, 0.2) is 6.07 Å². The van der Waals surface area contributed by atoms with Crippen LogP contribution in [0.3, 0.4) is 0 Å². The normalized spacial score (nSPS) is 17.4. The lowest BCUT2D eigenvalue weighted by molar-refractivity contribution is 0.0918. The molecule has 2 rings (SSSR count). The van der Waals surface area contributed by atoms with Crippen LogP contribution in [0.2, 0.25) is 0 Å². The first-order valence-corrected chi connectivity index (χ1v) is 8.46. The molecule has 2 heterocycles. The summed E-state index contributed by atoms with van der Waals surface area (Å²) in [5, 5.41) is 7.53. The number of amides is 1. The fourth-order valence-corrected chi connectivity index (χ4v) is 3.13. The quantitative estimate of drug-likeness (QED) is 0.878. The number of carbonyl (C=O) groups is 1. The van der Waals surface area contributed by atoms with Crippen molar-refractivity contribution in [3.05, 3.63) is 17.5 Å². The van der Waals surface area contributed by atoms with Crippen molar-refractivity contribution in [1.82, 2.24) is 20.0 Å². The van der Waals surface area contributed by atoms with E-state index in [2.05, 4.69) is 43.0 Å². The van der Waals surface area contributed by atoms with Crippen LogP contribution in [0.4, 0.5) is 0 Å². The molecule has 1 aromatic heterocycles. The van der Waals surface area contributed by atoms with Crippen LogP contribution >= 0.6 is 0 Å². The topological polar surface area (TPSA) is 50.2 Å². The maximum absolute atomic E-state index is 12.5.